The van der Waals surface area contributed by atoms with Crippen LogP contribution >= 0.6 is 11.6 Å². The fourth-order valence-corrected chi connectivity index (χ4v) is 2.84. The Labute approximate surface area is 115 Å². The second kappa shape index (κ2) is 6.02. The summed E-state index contributed by atoms with van der Waals surface area (Å²) in [6.07, 6.45) is 0. The van der Waals surface area contributed by atoms with Gasteiger partial charge in [0.2, 0.25) is 0 Å². The van der Waals surface area contributed by atoms with Crippen LogP contribution < -0.4 is 5.73 Å². The summed E-state index contributed by atoms with van der Waals surface area (Å²) < 4.78 is 0. The third kappa shape index (κ3) is 3.23. The van der Waals surface area contributed by atoms with E-state index in [0.29, 0.717) is 0 Å². The number of likely N-dealkylation sites (N-methyl/N-ethyl adjacent to an activating group) is 1. The van der Waals surface area contributed by atoms with Crippen LogP contribution in [-0.4, -0.2) is 49.1 Å². The van der Waals surface area contributed by atoms with E-state index in [1.54, 1.807) is 0 Å². The maximum absolute atomic E-state index is 6.19. The third-order valence-corrected chi connectivity index (χ3v) is 3.85. The minimum atomic E-state index is 0.104. The molecule has 0 aliphatic carbocycles. The fourth-order valence-electron chi connectivity index (χ4n) is 2.64. The summed E-state index contributed by atoms with van der Waals surface area (Å²) in [5, 5.41) is 0.785. The molecule has 2 atom stereocenters. The second-order valence-electron chi connectivity index (χ2n) is 5.20. The first-order valence-corrected chi connectivity index (χ1v) is 6.89. The molecule has 1 aliphatic rings. The van der Waals surface area contributed by atoms with Gasteiger partial charge in [-0.3, -0.25) is 4.90 Å². The SMILES string of the molecule is CC(N)C(c1cccc(Cl)c1)N1CCN(C)CC1. The first kappa shape index (κ1) is 13.8. The van der Waals surface area contributed by atoms with Crippen molar-refractivity contribution >= 4 is 11.6 Å². The van der Waals surface area contributed by atoms with Crippen LogP contribution in [0, 0.1) is 0 Å². The van der Waals surface area contributed by atoms with E-state index in [1.807, 2.05) is 18.2 Å². The van der Waals surface area contributed by atoms with Crippen LogP contribution in [-0.2, 0) is 0 Å². The molecule has 1 saturated heterocycles. The van der Waals surface area contributed by atoms with Gasteiger partial charge < -0.3 is 10.6 Å². The molecule has 2 N–H and O–H groups in total. The molecule has 2 rings (SSSR count). The molecule has 1 aliphatic heterocycles. The molecule has 0 aromatic heterocycles. The van der Waals surface area contributed by atoms with E-state index < -0.39 is 0 Å². The Bertz CT molecular complexity index is 386. The Morgan fingerprint density at radius 2 is 1.89 bits per heavy atom. The number of piperazine rings is 1. The lowest BCUT2D eigenvalue weighted by Gasteiger charge is -2.40. The van der Waals surface area contributed by atoms with E-state index in [4.69, 9.17) is 17.3 Å². The van der Waals surface area contributed by atoms with Gasteiger partial charge in [0.1, 0.15) is 0 Å². The zero-order chi connectivity index (χ0) is 13.1. The molecule has 0 amide bonds. The predicted octanol–water partition coefficient (Wildman–Crippen LogP) is 1.98. The Hall–Kier alpha value is -0.610. The average molecular weight is 268 g/mol. The van der Waals surface area contributed by atoms with Gasteiger partial charge in [0.05, 0.1) is 0 Å². The van der Waals surface area contributed by atoms with Gasteiger partial charge in [-0.15, -0.1) is 0 Å². The van der Waals surface area contributed by atoms with Crippen LogP contribution in [0.25, 0.3) is 0 Å². The fraction of sp³-hybridized carbons (Fsp3) is 0.571. The molecule has 0 spiro atoms. The number of hydrogen-bond donors (Lipinski definition) is 1. The van der Waals surface area contributed by atoms with E-state index in [2.05, 4.69) is 29.8 Å². The topological polar surface area (TPSA) is 32.5 Å². The molecule has 18 heavy (non-hydrogen) atoms. The molecule has 1 aromatic carbocycles. The average Bonchev–Trinajstić information content (AvgIpc) is 2.32. The number of nitrogens with two attached hydrogens (primary N) is 1. The summed E-state index contributed by atoms with van der Waals surface area (Å²) in [6, 6.07) is 8.44. The van der Waals surface area contributed by atoms with Crippen molar-refractivity contribution in [3.05, 3.63) is 34.9 Å². The minimum absolute atomic E-state index is 0.104. The molecular formula is C14H22ClN3. The summed E-state index contributed by atoms with van der Waals surface area (Å²) in [5.41, 5.74) is 7.41. The molecule has 1 aromatic rings. The number of benzene rings is 1. The highest BCUT2D eigenvalue weighted by Gasteiger charge is 2.26. The highest BCUT2D eigenvalue weighted by molar-refractivity contribution is 6.30. The van der Waals surface area contributed by atoms with Gasteiger partial charge in [0.15, 0.2) is 0 Å². The van der Waals surface area contributed by atoms with Gasteiger partial charge in [-0.25, -0.2) is 0 Å². The molecule has 100 valence electrons. The molecule has 2 unspecified atom stereocenters. The number of halogens is 1. The molecule has 0 saturated carbocycles. The van der Waals surface area contributed by atoms with Crippen molar-refractivity contribution in [2.24, 2.45) is 5.73 Å². The Morgan fingerprint density at radius 3 is 2.44 bits per heavy atom. The molecule has 1 fully saturated rings. The van der Waals surface area contributed by atoms with E-state index in [-0.39, 0.29) is 12.1 Å². The van der Waals surface area contributed by atoms with Crippen LogP contribution in [0.1, 0.15) is 18.5 Å². The number of hydrogen-bond acceptors (Lipinski definition) is 3. The zero-order valence-electron chi connectivity index (χ0n) is 11.1. The molecule has 4 heteroatoms. The van der Waals surface area contributed by atoms with Crippen LogP contribution in [0.2, 0.25) is 5.02 Å². The van der Waals surface area contributed by atoms with Gasteiger partial charge in [-0.2, -0.15) is 0 Å². The standard InChI is InChI=1S/C14H22ClN3/c1-11(16)14(12-4-3-5-13(15)10-12)18-8-6-17(2)7-9-18/h3-5,10-11,14H,6-9,16H2,1-2H3. The van der Waals surface area contributed by atoms with E-state index in [9.17, 15) is 0 Å². The maximum atomic E-state index is 6.19. The van der Waals surface area contributed by atoms with Crippen molar-refractivity contribution in [2.45, 2.75) is 19.0 Å². The molecule has 3 nitrogen and oxygen atoms in total. The normalized spacial score (nSPS) is 21.8. The molecule has 0 radical (unpaired) electrons. The van der Waals surface area contributed by atoms with Crippen molar-refractivity contribution < 1.29 is 0 Å². The summed E-state index contributed by atoms with van der Waals surface area (Å²) in [6.45, 7) is 6.40. The minimum Gasteiger partial charge on any atom is -0.326 e. The van der Waals surface area contributed by atoms with E-state index in [1.165, 1.54) is 5.56 Å². The first-order chi connectivity index (χ1) is 8.58. The largest absolute Gasteiger partial charge is 0.326 e. The lowest BCUT2D eigenvalue weighted by molar-refractivity contribution is 0.101. The summed E-state index contributed by atoms with van der Waals surface area (Å²) in [5.74, 6) is 0. The molecule has 1 heterocycles. The van der Waals surface area contributed by atoms with Crippen molar-refractivity contribution in [2.75, 3.05) is 33.2 Å². The van der Waals surface area contributed by atoms with Crippen LogP contribution in [0.4, 0.5) is 0 Å². The van der Waals surface area contributed by atoms with Gasteiger partial charge in [0.25, 0.3) is 0 Å². The Balaban J connectivity index is 2.18. The van der Waals surface area contributed by atoms with Crippen molar-refractivity contribution in [1.82, 2.24) is 9.80 Å². The summed E-state index contributed by atoms with van der Waals surface area (Å²) in [4.78, 5) is 4.82. The van der Waals surface area contributed by atoms with Gasteiger partial charge in [-0.05, 0) is 31.7 Å². The van der Waals surface area contributed by atoms with Crippen LogP contribution in [0.15, 0.2) is 24.3 Å². The molecular weight excluding hydrogens is 246 g/mol. The number of nitrogens with zero attached hydrogens (tertiary/aromatic N) is 2. The quantitative estimate of drug-likeness (QED) is 0.909. The van der Waals surface area contributed by atoms with Gasteiger partial charge in [0, 0.05) is 43.3 Å². The summed E-state index contributed by atoms with van der Waals surface area (Å²) in [7, 11) is 2.16. The van der Waals surface area contributed by atoms with Crippen molar-refractivity contribution in [3.8, 4) is 0 Å². The smallest absolute Gasteiger partial charge is 0.0498 e. The van der Waals surface area contributed by atoms with Crippen LogP contribution in [0.5, 0.6) is 0 Å². The van der Waals surface area contributed by atoms with E-state index >= 15 is 0 Å². The predicted molar refractivity (Wildman–Crippen MR) is 76.9 cm³/mol. The second-order valence-corrected chi connectivity index (χ2v) is 5.63. The van der Waals surface area contributed by atoms with Gasteiger partial charge in [-0.1, -0.05) is 23.7 Å². The summed E-state index contributed by atoms with van der Waals surface area (Å²) >= 11 is 6.09. The monoisotopic (exact) mass is 267 g/mol. The highest BCUT2D eigenvalue weighted by atomic mass is 35.5. The zero-order valence-corrected chi connectivity index (χ0v) is 11.9. The lowest BCUT2D eigenvalue weighted by Crippen LogP contribution is -2.49. The van der Waals surface area contributed by atoms with Gasteiger partial charge >= 0.3 is 0 Å². The molecule has 0 bridgehead atoms. The van der Waals surface area contributed by atoms with E-state index in [0.717, 1.165) is 31.2 Å². The lowest BCUT2D eigenvalue weighted by atomic mass is 9.98. The Morgan fingerprint density at radius 1 is 1.22 bits per heavy atom. The Kier molecular flexibility index (Phi) is 4.62. The maximum Gasteiger partial charge on any atom is 0.0498 e. The van der Waals surface area contributed by atoms with Crippen molar-refractivity contribution in [3.63, 3.8) is 0 Å². The number of rotatable bonds is 3. The third-order valence-electron chi connectivity index (χ3n) is 3.62. The van der Waals surface area contributed by atoms with Crippen LogP contribution in [0.3, 0.4) is 0 Å². The first-order valence-electron chi connectivity index (χ1n) is 6.51. The highest BCUT2D eigenvalue weighted by Crippen LogP contribution is 2.26. The van der Waals surface area contributed by atoms with Crippen molar-refractivity contribution in [1.29, 1.82) is 0 Å².